The molecule has 1 heterocycles. The normalized spacial score (nSPS) is 9.75. The van der Waals surface area contributed by atoms with E-state index in [4.69, 9.17) is 11.6 Å². The summed E-state index contributed by atoms with van der Waals surface area (Å²) >= 11 is 5.51. The van der Waals surface area contributed by atoms with E-state index in [0.717, 1.165) is 6.42 Å². The quantitative estimate of drug-likeness (QED) is 0.527. The van der Waals surface area contributed by atoms with Gasteiger partial charge in [-0.25, -0.2) is 4.98 Å². The molecule has 0 aliphatic heterocycles. The zero-order valence-electron chi connectivity index (χ0n) is 6.53. The lowest BCUT2D eigenvalue weighted by molar-refractivity contribution is 0.666. The van der Waals surface area contributed by atoms with Crippen molar-refractivity contribution < 1.29 is 0 Å². The van der Waals surface area contributed by atoms with Crippen LogP contribution in [0, 0.1) is 0 Å². The smallest absolute Gasteiger partial charge is 0.254 e. The molecule has 0 aromatic carbocycles. The first kappa shape index (κ1) is 9.00. The summed E-state index contributed by atoms with van der Waals surface area (Å²) in [6.07, 6.45) is 3.94. The molecule has 0 aliphatic carbocycles. The van der Waals surface area contributed by atoms with Crippen LogP contribution in [-0.2, 0) is 6.54 Å². The third-order valence-corrected chi connectivity index (χ3v) is 1.63. The van der Waals surface area contributed by atoms with Crippen molar-refractivity contribution in [1.82, 2.24) is 9.55 Å². The zero-order valence-corrected chi connectivity index (χ0v) is 7.29. The number of hydrogen-bond donors (Lipinski definition) is 0. The maximum Gasteiger partial charge on any atom is 0.254 e. The summed E-state index contributed by atoms with van der Waals surface area (Å²) in [5.74, 6) is 0. The molecule has 1 aromatic rings. The standard InChI is InChI=1S/C8H9ClN2O/c1-2-3-4-11-6-10-7(9)5-8(11)12/h2,5-6H,1,3-4H2. The van der Waals surface area contributed by atoms with Crippen LogP contribution in [0.2, 0.25) is 5.15 Å². The lowest BCUT2D eigenvalue weighted by atomic mass is 10.4. The van der Waals surface area contributed by atoms with Gasteiger partial charge in [-0.3, -0.25) is 9.36 Å². The Labute approximate surface area is 75.3 Å². The molecule has 64 valence electrons. The van der Waals surface area contributed by atoms with Crippen LogP contribution in [0.15, 0.2) is 29.8 Å². The molecule has 0 aliphatic rings. The van der Waals surface area contributed by atoms with Gasteiger partial charge < -0.3 is 0 Å². The second kappa shape index (κ2) is 4.07. The maximum atomic E-state index is 11.2. The first-order valence-electron chi connectivity index (χ1n) is 3.57. The van der Waals surface area contributed by atoms with Gasteiger partial charge in [0.05, 0.1) is 6.33 Å². The third kappa shape index (κ3) is 2.20. The molecule has 0 amide bonds. The van der Waals surface area contributed by atoms with Gasteiger partial charge in [-0.05, 0) is 6.42 Å². The van der Waals surface area contributed by atoms with Gasteiger partial charge in [0.1, 0.15) is 5.15 Å². The van der Waals surface area contributed by atoms with Crippen molar-refractivity contribution in [2.45, 2.75) is 13.0 Å². The summed E-state index contributed by atoms with van der Waals surface area (Å²) < 4.78 is 1.49. The van der Waals surface area contributed by atoms with E-state index in [1.165, 1.54) is 17.0 Å². The van der Waals surface area contributed by atoms with Crippen molar-refractivity contribution in [2.24, 2.45) is 0 Å². The predicted octanol–water partition coefficient (Wildman–Crippen LogP) is 1.47. The monoisotopic (exact) mass is 184 g/mol. The van der Waals surface area contributed by atoms with E-state index in [2.05, 4.69) is 11.6 Å². The number of halogens is 1. The fourth-order valence-electron chi connectivity index (χ4n) is 0.802. The summed E-state index contributed by atoms with van der Waals surface area (Å²) in [4.78, 5) is 14.9. The molecule has 0 radical (unpaired) electrons. The Morgan fingerprint density at radius 3 is 3.08 bits per heavy atom. The highest BCUT2D eigenvalue weighted by Gasteiger charge is 1.95. The number of hydrogen-bond acceptors (Lipinski definition) is 2. The van der Waals surface area contributed by atoms with Gasteiger partial charge in [-0.1, -0.05) is 17.7 Å². The zero-order chi connectivity index (χ0) is 8.97. The maximum absolute atomic E-state index is 11.2. The van der Waals surface area contributed by atoms with Gasteiger partial charge in [0.25, 0.3) is 5.56 Å². The second-order valence-corrected chi connectivity index (χ2v) is 2.71. The van der Waals surface area contributed by atoms with Crippen molar-refractivity contribution in [2.75, 3.05) is 0 Å². The van der Waals surface area contributed by atoms with Crippen LogP contribution in [-0.4, -0.2) is 9.55 Å². The molecule has 12 heavy (non-hydrogen) atoms. The fourth-order valence-corrected chi connectivity index (χ4v) is 0.939. The summed E-state index contributed by atoms with van der Waals surface area (Å²) in [7, 11) is 0. The summed E-state index contributed by atoms with van der Waals surface area (Å²) in [5, 5.41) is 0.231. The Morgan fingerprint density at radius 2 is 2.50 bits per heavy atom. The molecule has 1 aromatic heterocycles. The molecule has 0 N–H and O–H groups in total. The number of aryl methyl sites for hydroxylation is 1. The van der Waals surface area contributed by atoms with Crippen molar-refractivity contribution in [3.05, 3.63) is 40.6 Å². The van der Waals surface area contributed by atoms with E-state index < -0.39 is 0 Å². The van der Waals surface area contributed by atoms with Gasteiger partial charge in [-0.2, -0.15) is 0 Å². The van der Waals surface area contributed by atoms with Crippen LogP contribution in [0.1, 0.15) is 6.42 Å². The van der Waals surface area contributed by atoms with Gasteiger partial charge >= 0.3 is 0 Å². The van der Waals surface area contributed by atoms with Crippen molar-refractivity contribution in [3.63, 3.8) is 0 Å². The van der Waals surface area contributed by atoms with E-state index >= 15 is 0 Å². The number of aromatic nitrogens is 2. The van der Waals surface area contributed by atoms with E-state index in [-0.39, 0.29) is 10.7 Å². The molecule has 4 heteroatoms. The number of nitrogens with zero attached hydrogens (tertiary/aromatic N) is 2. The second-order valence-electron chi connectivity index (χ2n) is 2.32. The molecule has 0 fully saturated rings. The van der Waals surface area contributed by atoms with Gasteiger partial charge in [-0.15, -0.1) is 6.58 Å². The Kier molecular flexibility index (Phi) is 3.05. The van der Waals surface area contributed by atoms with E-state index in [1.807, 2.05) is 0 Å². The lowest BCUT2D eigenvalue weighted by Crippen LogP contribution is -2.18. The fraction of sp³-hybridized carbons (Fsp3) is 0.250. The Bertz CT molecular complexity index is 332. The highest BCUT2D eigenvalue weighted by atomic mass is 35.5. The topological polar surface area (TPSA) is 34.9 Å². The van der Waals surface area contributed by atoms with E-state index in [9.17, 15) is 4.79 Å². The molecule has 1 rings (SSSR count). The van der Waals surface area contributed by atoms with E-state index in [0.29, 0.717) is 6.54 Å². The minimum Gasteiger partial charge on any atom is -0.299 e. The molecule has 0 saturated carbocycles. The summed E-state index contributed by atoms with van der Waals surface area (Å²) in [5.41, 5.74) is -0.128. The summed E-state index contributed by atoms with van der Waals surface area (Å²) in [6.45, 7) is 4.16. The first-order valence-corrected chi connectivity index (χ1v) is 3.94. The largest absolute Gasteiger partial charge is 0.299 e. The average Bonchev–Trinajstić information content (AvgIpc) is 2.03. The molecule has 3 nitrogen and oxygen atoms in total. The van der Waals surface area contributed by atoms with Crippen LogP contribution in [0.5, 0.6) is 0 Å². The SMILES string of the molecule is C=CCCn1cnc(Cl)cc1=O. The molecule has 0 bridgehead atoms. The Balaban J connectivity index is 2.86. The third-order valence-electron chi connectivity index (χ3n) is 1.42. The Hall–Kier alpha value is -1.09. The van der Waals surface area contributed by atoms with E-state index in [1.54, 1.807) is 6.08 Å². The van der Waals surface area contributed by atoms with Gasteiger partial charge in [0.2, 0.25) is 0 Å². The lowest BCUT2D eigenvalue weighted by Gasteiger charge is -2.00. The number of allylic oxidation sites excluding steroid dienone is 1. The van der Waals surface area contributed by atoms with Gasteiger partial charge in [0.15, 0.2) is 0 Å². The molecule has 0 spiro atoms. The van der Waals surface area contributed by atoms with Crippen molar-refractivity contribution in [3.8, 4) is 0 Å². The van der Waals surface area contributed by atoms with Crippen LogP contribution in [0.4, 0.5) is 0 Å². The highest BCUT2D eigenvalue weighted by Crippen LogP contribution is 1.96. The van der Waals surface area contributed by atoms with Crippen LogP contribution in [0.3, 0.4) is 0 Å². The van der Waals surface area contributed by atoms with Gasteiger partial charge in [0, 0.05) is 12.6 Å². The van der Waals surface area contributed by atoms with Crippen LogP contribution in [0.25, 0.3) is 0 Å². The molecular weight excluding hydrogens is 176 g/mol. The molecule has 0 unspecified atom stereocenters. The van der Waals surface area contributed by atoms with Crippen molar-refractivity contribution in [1.29, 1.82) is 0 Å². The first-order chi connectivity index (χ1) is 5.74. The van der Waals surface area contributed by atoms with Crippen LogP contribution >= 0.6 is 11.6 Å². The molecule has 0 saturated heterocycles. The minimum atomic E-state index is -0.128. The van der Waals surface area contributed by atoms with Crippen molar-refractivity contribution >= 4 is 11.6 Å². The molecule has 0 atom stereocenters. The Morgan fingerprint density at radius 1 is 1.75 bits per heavy atom. The average molecular weight is 185 g/mol. The predicted molar refractivity (Wildman–Crippen MR) is 48.3 cm³/mol. The summed E-state index contributed by atoms with van der Waals surface area (Å²) in [6, 6.07) is 1.30. The van der Waals surface area contributed by atoms with Crippen LogP contribution < -0.4 is 5.56 Å². The highest BCUT2D eigenvalue weighted by molar-refractivity contribution is 6.29. The molecular formula is C8H9ClN2O. The number of rotatable bonds is 3. The minimum absolute atomic E-state index is 0.128.